The summed E-state index contributed by atoms with van der Waals surface area (Å²) in [6.07, 6.45) is -3.64. The summed E-state index contributed by atoms with van der Waals surface area (Å²) in [6, 6.07) is 8.98. The number of amides is 2. The summed E-state index contributed by atoms with van der Waals surface area (Å²) in [6.45, 7) is 0. The van der Waals surface area contributed by atoms with Gasteiger partial charge in [-0.2, -0.15) is 18.4 Å². The van der Waals surface area contributed by atoms with Gasteiger partial charge in [-0.15, -0.1) is 0 Å². The Labute approximate surface area is 157 Å². The van der Waals surface area contributed by atoms with Crippen LogP contribution in [0.4, 0.5) is 28.0 Å². The molecule has 146 valence electrons. The topological polar surface area (TPSA) is 74.2 Å². The molecule has 28 heavy (non-hydrogen) atoms. The Balaban J connectivity index is 1.45. The van der Waals surface area contributed by atoms with Gasteiger partial charge in [0, 0.05) is 24.6 Å². The van der Waals surface area contributed by atoms with E-state index in [4.69, 9.17) is 10.00 Å². The van der Waals surface area contributed by atoms with Crippen LogP contribution in [-0.2, 0) is 6.18 Å². The van der Waals surface area contributed by atoms with E-state index in [2.05, 4.69) is 10.6 Å². The van der Waals surface area contributed by atoms with Crippen molar-refractivity contribution < 1.29 is 27.1 Å². The average molecular weight is 393 g/mol. The Morgan fingerprint density at radius 3 is 2.43 bits per heavy atom. The Bertz CT molecular complexity index is 901. The summed E-state index contributed by atoms with van der Waals surface area (Å²) >= 11 is 0. The molecule has 0 aliphatic heterocycles. The van der Waals surface area contributed by atoms with Gasteiger partial charge >= 0.3 is 12.2 Å². The molecule has 2 amide bonds. The molecule has 5 nitrogen and oxygen atoms in total. The van der Waals surface area contributed by atoms with E-state index < -0.39 is 23.6 Å². The van der Waals surface area contributed by atoms with E-state index in [0.29, 0.717) is 18.6 Å². The van der Waals surface area contributed by atoms with Crippen molar-refractivity contribution in [2.45, 2.75) is 31.2 Å². The second-order valence-corrected chi connectivity index (χ2v) is 6.37. The SMILES string of the molecule is N#Cc1cc(F)cc(NC(=O)N[C@H]2C[C@H](Oc3ccc(C(F)(F)F)cc3)C2)c1. The Morgan fingerprint density at radius 2 is 1.82 bits per heavy atom. The monoisotopic (exact) mass is 393 g/mol. The van der Waals surface area contributed by atoms with Crippen LogP contribution in [0.25, 0.3) is 0 Å². The summed E-state index contributed by atoms with van der Waals surface area (Å²) in [5.74, 6) is -0.312. The highest BCUT2D eigenvalue weighted by Gasteiger charge is 2.33. The van der Waals surface area contributed by atoms with Gasteiger partial charge in [0.25, 0.3) is 0 Å². The number of hydrogen-bond acceptors (Lipinski definition) is 3. The minimum absolute atomic E-state index is 0.0870. The van der Waals surface area contributed by atoms with Crippen molar-refractivity contribution in [1.29, 1.82) is 5.26 Å². The van der Waals surface area contributed by atoms with Crippen molar-refractivity contribution in [3.8, 4) is 11.8 Å². The van der Waals surface area contributed by atoms with Gasteiger partial charge in [0.2, 0.25) is 0 Å². The molecule has 1 saturated carbocycles. The fourth-order valence-corrected chi connectivity index (χ4v) is 2.77. The summed E-state index contributed by atoms with van der Waals surface area (Å²) in [5.41, 5.74) is -0.503. The van der Waals surface area contributed by atoms with Crippen LogP contribution in [0.15, 0.2) is 42.5 Å². The highest BCUT2D eigenvalue weighted by Crippen LogP contribution is 2.32. The number of carbonyl (C=O) groups is 1. The lowest BCUT2D eigenvalue weighted by Gasteiger charge is -2.35. The number of rotatable bonds is 4. The Kier molecular flexibility index (Phi) is 5.40. The molecule has 2 N–H and O–H groups in total. The van der Waals surface area contributed by atoms with Crippen LogP contribution >= 0.6 is 0 Å². The molecule has 0 atom stereocenters. The number of benzene rings is 2. The van der Waals surface area contributed by atoms with Gasteiger partial charge in [0.1, 0.15) is 17.7 Å². The maximum Gasteiger partial charge on any atom is 0.416 e. The zero-order valence-electron chi connectivity index (χ0n) is 14.4. The van der Waals surface area contributed by atoms with E-state index in [1.54, 1.807) is 6.07 Å². The number of anilines is 1. The van der Waals surface area contributed by atoms with Crippen LogP contribution < -0.4 is 15.4 Å². The molecule has 9 heteroatoms. The first kappa shape index (κ1) is 19.5. The standard InChI is InChI=1S/C19H15F4N3O2/c20-13-5-11(10-24)6-14(7-13)25-18(27)26-15-8-17(9-15)28-16-3-1-12(2-4-16)19(21,22)23/h1-7,15,17H,8-9H2,(H2,25,26,27)/t15-,17-. The molecule has 1 fully saturated rings. The maximum atomic E-state index is 13.4. The second-order valence-electron chi connectivity index (χ2n) is 6.37. The third kappa shape index (κ3) is 4.91. The van der Waals surface area contributed by atoms with Crippen molar-refractivity contribution >= 4 is 11.7 Å². The molecule has 0 aromatic heterocycles. The van der Waals surface area contributed by atoms with Crippen molar-refractivity contribution in [2.75, 3.05) is 5.32 Å². The maximum absolute atomic E-state index is 13.4. The summed E-state index contributed by atoms with van der Waals surface area (Å²) in [5, 5.41) is 13.9. The lowest BCUT2D eigenvalue weighted by Crippen LogP contribution is -2.50. The van der Waals surface area contributed by atoms with Crippen LogP contribution in [0.5, 0.6) is 5.75 Å². The van der Waals surface area contributed by atoms with E-state index in [1.807, 2.05) is 0 Å². The fourth-order valence-electron chi connectivity index (χ4n) is 2.77. The zero-order valence-corrected chi connectivity index (χ0v) is 14.4. The molecule has 2 aromatic rings. The first-order valence-corrected chi connectivity index (χ1v) is 8.35. The number of nitrogens with one attached hydrogen (secondary N) is 2. The van der Waals surface area contributed by atoms with Crippen LogP contribution in [0.1, 0.15) is 24.0 Å². The third-order valence-electron chi connectivity index (χ3n) is 4.20. The van der Waals surface area contributed by atoms with Crippen molar-refractivity contribution in [1.82, 2.24) is 5.32 Å². The minimum atomic E-state index is -4.40. The van der Waals surface area contributed by atoms with Crippen LogP contribution in [-0.4, -0.2) is 18.2 Å². The molecule has 1 aliphatic carbocycles. The van der Waals surface area contributed by atoms with Crippen molar-refractivity contribution in [2.24, 2.45) is 0 Å². The molecule has 1 aliphatic rings. The first-order chi connectivity index (χ1) is 13.2. The minimum Gasteiger partial charge on any atom is -0.490 e. The number of hydrogen-bond donors (Lipinski definition) is 2. The summed E-state index contributed by atoms with van der Waals surface area (Å²) < 4.78 is 56.5. The Hall–Kier alpha value is -3.28. The number of urea groups is 1. The van der Waals surface area contributed by atoms with Crippen molar-refractivity contribution in [3.63, 3.8) is 0 Å². The molecule has 0 radical (unpaired) electrons. The highest BCUT2D eigenvalue weighted by atomic mass is 19.4. The van der Waals surface area contributed by atoms with Gasteiger partial charge in [-0.25, -0.2) is 9.18 Å². The van der Waals surface area contributed by atoms with Gasteiger partial charge in [0.15, 0.2) is 0 Å². The molecular weight excluding hydrogens is 378 g/mol. The molecule has 0 spiro atoms. The van der Waals surface area contributed by atoms with E-state index in [1.165, 1.54) is 18.2 Å². The number of nitriles is 1. The smallest absolute Gasteiger partial charge is 0.416 e. The van der Waals surface area contributed by atoms with Gasteiger partial charge in [0.05, 0.1) is 17.2 Å². The molecule has 3 rings (SSSR count). The molecule has 0 heterocycles. The number of ether oxygens (including phenoxy) is 1. The highest BCUT2D eigenvalue weighted by molar-refractivity contribution is 5.89. The summed E-state index contributed by atoms with van der Waals surface area (Å²) in [4.78, 5) is 11.9. The molecule has 2 aromatic carbocycles. The second kappa shape index (κ2) is 7.76. The predicted molar refractivity (Wildman–Crippen MR) is 92.2 cm³/mol. The average Bonchev–Trinajstić information content (AvgIpc) is 2.59. The van der Waals surface area contributed by atoms with Gasteiger partial charge in [-0.1, -0.05) is 0 Å². The number of nitrogens with zero attached hydrogens (tertiary/aromatic N) is 1. The lowest BCUT2D eigenvalue weighted by atomic mass is 9.89. The van der Waals surface area contributed by atoms with Crippen molar-refractivity contribution in [3.05, 3.63) is 59.4 Å². The van der Waals surface area contributed by atoms with Crippen LogP contribution in [0, 0.1) is 17.1 Å². The van der Waals surface area contributed by atoms with Crippen LogP contribution in [0.3, 0.4) is 0 Å². The Morgan fingerprint density at radius 1 is 1.14 bits per heavy atom. The zero-order chi connectivity index (χ0) is 20.3. The predicted octanol–water partition coefficient (Wildman–Crippen LogP) is 4.45. The summed E-state index contributed by atoms with van der Waals surface area (Å²) in [7, 11) is 0. The third-order valence-corrected chi connectivity index (χ3v) is 4.20. The molecular formula is C19H15F4N3O2. The van der Waals surface area contributed by atoms with E-state index in [-0.39, 0.29) is 23.4 Å². The van der Waals surface area contributed by atoms with E-state index in [0.717, 1.165) is 24.3 Å². The molecule has 0 unspecified atom stereocenters. The normalized spacial score (nSPS) is 18.5. The largest absolute Gasteiger partial charge is 0.490 e. The molecule has 0 saturated heterocycles. The molecule has 0 bridgehead atoms. The van der Waals surface area contributed by atoms with E-state index >= 15 is 0 Å². The number of alkyl halides is 3. The quantitative estimate of drug-likeness (QED) is 0.754. The fraction of sp³-hybridized carbons (Fsp3) is 0.263. The number of carbonyl (C=O) groups excluding carboxylic acids is 1. The lowest BCUT2D eigenvalue weighted by molar-refractivity contribution is -0.137. The van der Waals surface area contributed by atoms with Gasteiger partial charge < -0.3 is 15.4 Å². The van der Waals surface area contributed by atoms with Gasteiger partial charge in [-0.05, 0) is 42.5 Å². The first-order valence-electron chi connectivity index (χ1n) is 8.35. The van der Waals surface area contributed by atoms with E-state index in [9.17, 15) is 22.4 Å². The number of halogens is 4. The van der Waals surface area contributed by atoms with Crippen LogP contribution in [0.2, 0.25) is 0 Å². The van der Waals surface area contributed by atoms with Gasteiger partial charge in [-0.3, -0.25) is 0 Å².